The highest BCUT2D eigenvalue weighted by Gasteiger charge is 2.17. The van der Waals surface area contributed by atoms with Crippen LogP contribution < -0.4 is 5.32 Å². The van der Waals surface area contributed by atoms with E-state index >= 15 is 0 Å². The Balaban J connectivity index is 1.74. The van der Waals surface area contributed by atoms with Crippen molar-refractivity contribution in [1.29, 1.82) is 0 Å². The molecular weight excluding hydrogens is 228 g/mol. The van der Waals surface area contributed by atoms with E-state index in [9.17, 15) is 0 Å². The van der Waals surface area contributed by atoms with E-state index in [1.807, 2.05) is 0 Å². The van der Waals surface area contributed by atoms with Gasteiger partial charge in [-0.05, 0) is 45.1 Å². The number of nitrogens with zero attached hydrogens (tertiary/aromatic N) is 2. The van der Waals surface area contributed by atoms with Crippen LogP contribution >= 0.6 is 0 Å². The molecule has 0 bridgehead atoms. The average molecular weight is 252 g/mol. The second kappa shape index (κ2) is 7.48. The minimum Gasteiger partial charge on any atom is -0.378 e. The van der Waals surface area contributed by atoms with Gasteiger partial charge >= 0.3 is 0 Å². The zero-order chi connectivity index (χ0) is 12.6. The van der Waals surface area contributed by atoms with E-state index in [4.69, 9.17) is 4.74 Å². The van der Waals surface area contributed by atoms with E-state index in [0.717, 1.165) is 31.8 Å². The van der Waals surface area contributed by atoms with Crippen LogP contribution in [0.2, 0.25) is 0 Å². The summed E-state index contributed by atoms with van der Waals surface area (Å²) in [6, 6.07) is 0.300. The second-order valence-electron chi connectivity index (χ2n) is 4.94. The first-order chi connectivity index (χ1) is 8.90. The predicted molar refractivity (Wildman–Crippen MR) is 70.2 cm³/mol. The van der Waals surface area contributed by atoms with Gasteiger partial charge < -0.3 is 10.1 Å². The van der Waals surface area contributed by atoms with Crippen molar-refractivity contribution >= 4 is 0 Å². The molecule has 1 aliphatic rings. The van der Waals surface area contributed by atoms with Crippen LogP contribution in [0.25, 0.3) is 0 Å². The molecule has 2 unspecified atom stereocenters. The number of hydrogen-bond acceptors (Lipinski definition) is 4. The molecule has 0 aliphatic carbocycles. The molecule has 0 radical (unpaired) electrons. The first-order valence-electron chi connectivity index (χ1n) is 7.10. The van der Waals surface area contributed by atoms with Crippen molar-refractivity contribution in [2.24, 2.45) is 0 Å². The van der Waals surface area contributed by atoms with E-state index < -0.39 is 0 Å². The van der Waals surface area contributed by atoms with Gasteiger partial charge in [0.15, 0.2) is 0 Å². The van der Waals surface area contributed by atoms with Crippen LogP contribution in [0.1, 0.15) is 57.3 Å². The molecule has 102 valence electrons. The third kappa shape index (κ3) is 4.07. The third-order valence-corrected chi connectivity index (χ3v) is 3.45. The highest BCUT2D eigenvalue weighted by molar-refractivity contribution is 4.91. The summed E-state index contributed by atoms with van der Waals surface area (Å²) in [4.78, 5) is 4.26. The fraction of sp³-hybridized carbons (Fsp3) is 0.846. The molecule has 1 aliphatic heterocycles. The van der Waals surface area contributed by atoms with Gasteiger partial charge in [0.25, 0.3) is 0 Å². The predicted octanol–water partition coefficient (Wildman–Crippen LogP) is 2.19. The van der Waals surface area contributed by atoms with Crippen molar-refractivity contribution in [3.63, 3.8) is 0 Å². The van der Waals surface area contributed by atoms with Crippen molar-refractivity contribution in [1.82, 2.24) is 20.5 Å². The van der Waals surface area contributed by atoms with Gasteiger partial charge in [0, 0.05) is 6.61 Å². The van der Waals surface area contributed by atoms with Gasteiger partial charge in [-0.15, -0.1) is 0 Å². The number of aromatic nitrogens is 3. The zero-order valence-corrected chi connectivity index (χ0v) is 11.2. The lowest BCUT2D eigenvalue weighted by Gasteiger charge is -2.17. The van der Waals surface area contributed by atoms with Crippen molar-refractivity contribution < 1.29 is 4.74 Å². The molecule has 2 atom stereocenters. The Morgan fingerprint density at radius 2 is 2.56 bits per heavy atom. The lowest BCUT2D eigenvalue weighted by molar-refractivity contribution is 0.101. The summed E-state index contributed by atoms with van der Waals surface area (Å²) in [5.41, 5.74) is 0. The smallest absolute Gasteiger partial charge is 0.141 e. The Labute approximate surface area is 109 Å². The Hall–Kier alpha value is -0.940. The molecular formula is C13H24N4O. The maximum Gasteiger partial charge on any atom is 0.141 e. The van der Waals surface area contributed by atoms with Gasteiger partial charge in [-0.25, -0.2) is 4.98 Å². The van der Waals surface area contributed by atoms with Crippen LogP contribution in [-0.4, -0.2) is 34.4 Å². The SMILES string of the molecule is CCCNC(CCCC1CCCO1)c1ncn[nH]1. The molecule has 0 saturated carbocycles. The molecule has 0 aromatic carbocycles. The summed E-state index contributed by atoms with van der Waals surface area (Å²) in [5, 5.41) is 10.4. The van der Waals surface area contributed by atoms with Crippen LogP contribution in [0.4, 0.5) is 0 Å². The largest absolute Gasteiger partial charge is 0.378 e. The van der Waals surface area contributed by atoms with E-state index in [2.05, 4.69) is 27.4 Å². The first kappa shape index (κ1) is 13.5. The standard InChI is InChI=1S/C13H24N4O/c1-2-8-14-12(13-15-10-16-17-13)7-3-5-11-6-4-9-18-11/h10-12,14H,2-9H2,1H3,(H,15,16,17). The number of H-pyrrole nitrogens is 1. The van der Waals surface area contributed by atoms with Gasteiger partial charge in [0.1, 0.15) is 12.2 Å². The zero-order valence-electron chi connectivity index (χ0n) is 11.2. The maximum atomic E-state index is 5.65. The summed E-state index contributed by atoms with van der Waals surface area (Å²) in [5.74, 6) is 0.954. The van der Waals surface area contributed by atoms with Crippen LogP contribution in [0, 0.1) is 0 Å². The van der Waals surface area contributed by atoms with Gasteiger partial charge in [-0.3, -0.25) is 5.10 Å². The number of nitrogens with one attached hydrogen (secondary N) is 2. The molecule has 5 heteroatoms. The molecule has 2 rings (SSSR count). The van der Waals surface area contributed by atoms with Crippen molar-refractivity contribution in [2.45, 2.75) is 57.6 Å². The van der Waals surface area contributed by atoms with Gasteiger partial charge in [-0.1, -0.05) is 6.92 Å². The quantitative estimate of drug-likeness (QED) is 0.744. The van der Waals surface area contributed by atoms with Gasteiger partial charge in [-0.2, -0.15) is 5.10 Å². The molecule has 2 N–H and O–H groups in total. The van der Waals surface area contributed by atoms with Crippen LogP contribution in [0.3, 0.4) is 0 Å². The van der Waals surface area contributed by atoms with E-state index in [-0.39, 0.29) is 0 Å². The molecule has 1 saturated heterocycles. The maximum absolute atomic E-state index is 5.65. The fourth-order valence-corrected chi connectivity index (χ4v) is 2.46. The topological polar surface area (TPSA) is 62.8 Å². The Morgan fingerprint density at radius 3 is 3.22 bits per heavy atom. The lowest BCUT2D eigenvalue weighted by Crippen LogP contribution is -2.23. The van der Waals surface area contributed by atoms with Crippen molar-refractivity contribution in [3.05, 3.63) is 12.2 Å². The van der Waals surface area contributed by atoms with E-state index in [0.29, 0.717) is 12.1 Å². The Morgan fingerprint density at radius 1 is 1.61 bits per heavy atom. The molecule has 2 heterocycles. The summed E-state index contributed by atoms with van der Waals surface area (Å²) >= 11 is 0. The molecule has 0 amide bonds. The number of rotatable bonds is 8. The monoisotopic (exact) mass is 252 g/mol. The molecule has 18 heavy (non-hydrogen) atoms. The number of ether oxygens (including phenoxy) is 1. The molecule has 0 spiro atoms. The minimum absolute atomic E-state index is 0.300. The first-order valence-corrected chi connectivity index (χ1v) is 7.10. The second-order valence-corrected chi connectivity index (χ2v) is 4.94. The van der Waals surface area contributed by atoms with Crippen LogP contribution in [0.15, 0.2) is 6.33 Å². The fourth-order valence-electron chi connectivity index (χ4n) is 2.46. The van der Waals surface area contributed by atoms with Crippen LogP contribution in [0.5, 0.6) is 0 Å². The van der Waals surface area contributed by atoms with Gasteiger partial charge in [0.2, 0.25) is 0 Å². The normalized spacial score (nSPS) is 21.3. The summed E-state index contributed by atoms with van der Waals surface area (Å²) in [6.07, 6.45) is 9.10. The highest BCUT2D eigenvalue weighted by Crippen LogP contribution is 2.21. The lowest BCUT2D eigenvalue weighted by atomic mass is 10.0. The van der Waals surface area contributed by atoms with E-state index in [1.165, 1.54) is 25.7 Å². The number of hydrogen-bond donors (Lipinski definition) is 2. The Kier molecular flexibility index (Phi) is 5.61. The minimum atomic E-state index is 0.300. The summed E-state index contributed by atoms with van der Waals surface area (Å²) in [6.45, 7) is 4.15. The summed E-state index contributed by atoms with van der Waals surface area (Å²) < 4.78 is 5.65. The average Bonchev–Trinajstić information content (AvgIpc) is 3.05. The number of aromatic amines is 1. The van der Waals surface area contributed by atoms with Gasteiger partial charge in [0.05, 0.1) is 12.1 Å². The summed E-state index contributed by atoms with van der Waals surface area (Å²) in [7, 11) is 0. The van der Waals surface area contributed by atoms with Crippen molar-refractivity contribution in [2.75, 3.05) is 13.2 Å². The molecule has 1 fully saturated rings. The Bertz CT molecular complexity index is 309. The molecule has 1 aromatic rings. The molecule has 5 nitrogen and oxygen atoms in total. The third-order valence-electron chi connectivity index (χ3n) is 3.45. The molecule has 1 aromatic heterocycles. The van der Waals surface area contributed by atoms with E-state index in [1.54, 1.807) is 6.33 Å². The van der Waals surface area contributed by atoms with Crippen LogP contribution in [-0.2, 0) is 4.74 Å². The van der Waals surface area contributed by atoms with Crippen molar-refractivity contribution in [3.8, 4) is 0 Å². The highest BCUT2D eigenvalue weighted by atomic mass is 16.5.